The van der Waals surface area contributed by atoms with E-state index in [-0.39, 0.29) is 6.61 Å². The van der Waals surface area contributed by atoms with Gasteiger partial charge in [0.15, 0.2) is 5.13 Å². The summed E-state index contributed by atoms with van der Waals surface area (Å²) >= 11 is 4.89. The third kappa shape index (κ3) is 2.93. The number of nitrogens with zero attached hydrogens (tertiary/aromatic N) is 2. The van der Waals surface area contributed by atoms with Gasteiger partial charge in [-0.15, -0.1) is 11.3 Å². The summed E-state index contributed by atoms with van der Waals surface area (Å²) in [5.41, 5.74) is 0. The summed E-state index contributed by atoms with van der Waals surface area (Å²) in [4.78, 5) is 6.38. The third-order valence-corrected chi connectivity index (χ3v) is 3.26. The molecule has 3 nitrogen and oxygen atoms in total. The molecule has 0 amide bonds. The fourth-order valence-corrected chi connectivity index (χ4v) is 2.47. The van der Waals surface area contributed by atoms with E-state index in [1.807, 2.05) is 5.38 Å². The van der Waals surface area contributed by atoms with Gasteiger partial charge in [-0.25, -0.2) is 4.98 Å². The van der Waals surface area contributed by atoms with Crippen LogP contribution in [-0.4, -0.2) is 29.3 Å². The van der Waals surface area contributed by atoms with Crippen LogP contribution in [0.3, 0.4) is 0 Å². The predicted molar refractivity (Wildman–Crippen MR) is 59.4 cm³/mol. The number of thiazole rings is 1. The first-order chi connectivity index (χ1) is 6.15. The van der Waals surface area contributed by atoms with Crippen molar-refractivity contribution in [2.75, 3.05) is 18.1 Å². The van der Waals surface area contributed by atoms with Crippen LogP contribution in [0.4, 0.5) is 5.13 Å². The van der Waals surface area contributed by atoms with Crippen molar-refractivity contribution < 1.29 is 5.11 Å². The van der Waals surface area contributed by atoms with Crippen molar-refractivity contribution in [3.05, 3.63) is 9.98 Å². The minimum Gasteiger partial charge on any atom is -0.395 e. The highest BCUT2D eigenvalue weighted by atomic mass is 79.9. The number of aliphatic hydroxyl groups is 1. The van der Waals surface area contributed by atoms with Gasteiger partial charge in [0.2, 0.25) is 0 Å². The van der Waals surface area contributed by atoms with E-state index in [0.29, 0.717) is 12.6 Å². The molecule has 5 heteroatoms. The number of aromatic nitrogens is 1. The molecule has 1 heterocycles. The molecule has 0 radical (unpaired) electrons. The summed E-state index contributed by atoms with van der Waals surface area (Å²) in [6, 6.07) is 0.366. The number of anilines is 1. The van der Waals surface area contributed by atoms with E-state index < -0.39 is 0 Å². The molecule has 13 heavy (non-hydrogen) atoms. The second kappa shape index (κ2) is 4.93. The van der Waals surface area contributed by atoms with Crippen molar-refractivity contribution in [3.8, 4) is 0 Å². The minimum atomic E-state index is 0.162. The van der Waals surface area contributed by atoms with Crippen LogP contribution in [0.5, 0.6) is 0 Å². The van der Waals surface area contributed by atoms with E-state index in [1.165, 1.54) is 0 Å². The van der Waals surface area contributed by atoms with Gasteiger partial charge in [0, 0.05) is 18.0 Å². The Bertz CT molecular complexity index is 264. The monoisotopic (exact) mass is 264 g/mol. The summed E-state index contributed by atoms with van der Waals surface area (Å²) in [5, 5.41) is 11.8. The topological polar surface area (TPSA) is 36.4 Å². The molecule has 0 saturated heterocycles. The molecule has 0 fully saturated rings. The summed E-state index contributed by atoms with van der Waals surface area (Å²) in [6.07, 6.45) is 0. The Hall–Kier alpha value is -0.130. The molecule has 1 N–H and O–H groups in total. The average Bonchev–Trinajstić information content (AvgIpc) is 2.46. The lowest BCUT2D eigenvalue weighted by molar-refractivity contribution is 0.299. The number of halogens is 1. The van der Waals surface area contributed by atoms with Crippen molar-refractivity contribution in [1.29, 1.82) is 0 Å². The predicted octanol–water partition coefficient (Wildman–Crippen LogP) is 2.11. The molecule has 0 aliphatic heterocycles. The smallest absolute Gasteiger partial charge is 0.186 e. The van der Waals surface area contributed by atoms with Crippen molar-refractivity contribution in [2.45, 2.75) is 19.9 Å². The maximum absolute atomic E-state index is 8.88. The van der Waals surface area contributed by atoms with Gasteiger partial charge < -0.3 is 10.0 Å². The maximum Gasteiger partial charge on any atom is 0.186 e. The minimum absolute atomic E-state index is 0.162. The fourth-order valence-electron chi connectivity index (χ4n) is 1.06. The molecule has 0 aliphatic rings. The van der Waals surface area contributed by atoms with Crippen LogP contribution in [0, 0.1) is 0 Å². The Kier molecular flexibility index (Phi) is 4.15. The van der Waals surface area contributed by atoms with E-state index in [1.54, 1.807) is 11.3 Å². The van der Waals surface area contributed by atoms with E-state index in [2.05, 4.69) is 39.7 Å². The molecular formula is C8H13BrN2OS. The molecule has 74 valence electrons. The largest absolute Gasteiger partial charge is 0.395 e. The zero-order chi connectivity index (χ0) is 9.84. The highest BCUT2D eigenvalue weighted by Gasteiger charge is 2.12. The highest BCUT2D eigenvalue weighted by molar-refractivity contribution is 9.10. The molecule has 0 bridgehead atoms. The zero-order valence-corrected chi connectivity index (χ0v) is 10.1. The third-order valence-electron chi connectivity index (χ3n) is 1.67. The van der Waals surface area contributed by atoms with Crippen LogP contribution in [0.15, 0.2) is 9.98 Å². The van der Waals surface area contributed by atoms with Gasteiger partial charge in [0.1, 0.15) is 4.60 Å². The first-order valence-corrected chi connectivity index (χ1v) is 5.81. The van der Waals surface area contributed by atoms with E-state index in [4.69, 9.17) is 5.11 Å². The molecule has 0 saturated carbocycles. The summed E-state index contributed by atoms with van der Waals surface area (Å²) in [6.45, 7) is 4.98. The molecule has 1 aromatic rings. The first kappa shape index (κ1) is 10.9. The second-order valence-corrected chi connectivity index (χ2v) is 4.61. The van der Waals surface area contributed by atoms with Crippen LogP contribution in [0.1, 0.15) is 13.8 Å². The molecule has 0 aliphatic carbocycles. The van der Waals surface area contributed by atoms with E-state index in [0.717, 1.165) is 9.73 Å². The fraction of sp³-hybridized carbons (Fsp3) is 0.625. The number of rotatable bonds is 4. The Morgan fingerprint density at radius 2 is 2.38 bits per heavy atom. The molecule has 1 rings (SSSR count). The Morgan fingerprint density at radius 1 is 1.69 bits per heavy atom. The van der Waals surface area contributed by atoms with Crippen molar-refractivity contribution in [3.63, 3.8) is 0 Å². The maximum atomic E-state index is 8.88. The van der Waals surface area contributed by atoms with Crippen molar-refractivity contribution in [1.82, 2.24) is 4.98 Å². The van der Waals surface area contributed by atoms with Gasteiger partial charge in [0.25, 0.3) is 0 Å². The first-order valence-electron chi connectivity index (χ1n) is 4.13. The average molecular weight is 265 g/mol. The molecule has 1 aromatic heterocycles. The molecule has 0 unspecified atom stereocenters. The van der Waals surface area contributed by atoms with Gasteiger partial charge in [-0.1, -0.05) is 0 Å². The lowest BCUT2D eigenvalue weighted by Gasteiger charge is -2.24. The van der Waals surface area contributed by atoms with Gasteiger partial charge in [-0.2, -0.15) is 0 Å². The Labute approximate surface area is 90.5 Å². The van der Waals surface area contributed by atoms with Gasteiger partial charge in [-0.05, 0) is 29.8 Å². The van der Waals surface area contributed by atoms with E-state index >= 15 is 0 Å². The molecule has 0 atom stereocenters. The van der Waals surface area contributed by atoms with Crippen LogP contribution >= 0.6 is 27.3 Å². The highest BCUT2D eigenvalue weighted by Crippen LogP contribution is 2.24. The Balaban J connectivity index is 2.75. The number of hydrogen-bond donors (Lipinski definition) is 1. The lowest BCUT2D eigenvalue weighted by Crippen LogP contribution is -2.33. The molecule has 0 spiro atoms. The summed E-state index contributed by atoms with van der Waals surface area (Å²) in [7, 11) is 0. The van der Waals surface area contributed by atoms with Crippen molar-refractivity contribution in [2.24, 2.45) is 0 Å². The van der Waals surface area contributed by atoms with Crippen LogP contribution in [0.2, 0.25) is 0 Å². The van der Waals surface area contributed by atoms with E-state index in [9.17, 15) is 0 Å². The van der Waals surface area contributed by atoms with Crippen molar-refractivity contribution >= 4 is 32.4 Å². The zero-order valence-electron chi connectivity index (χ0n) is 7.70. The van der Waals surface area contributed by atoms with Crippen LogP contribution < -0.4 is 4.90 Å². The second-order valence-electron chi connectivity index (χ2n) is 2.96. The van der Waals surface area contributed by atoms with Gasteiger partial charge in [0.05, 0.1) is 6.61 Å². The van der Waals surface area contributed by atoms with Gasteiger partial charge >= 0.3 is 0 Å². The molecule has 0 aromatic carbocycles. The Morgan fingerprint density at radius 3 is 2.77 bits per heavy atom. The summed E-state index contributed by atoms with van der Waals surface area (Å²) < 4.78 is 0.857. The quantitative estimate of drug-likeness (QED) is 0.905. The number of aliphatic hydroxyl groups excluding tert-OH is 1. The molecular weight excluding hydrogens is 252 g/mol. The van der Waals surface area contributed by atoms with Crippen LogP contribution in [-0.2, 0) is 0 Å². The summed E-state index contributed by atoms with van der Waals surface area (Å²) in [5.74, 6) is 0. The standard InChI is InChI=1S/C8H13BrN2OS/c1-6(2)11(3-4-12)8-10-7(9)5-13-8/h5-6,12H,3-4H2,1-2H3. The van der Waals surface area contributed by atoms with Gasteiger partial charge in [-0.3, -0.25) is 0 Å². The SMILES string of the molecule is CC(C)N(CCO)c1nc(Br)cs1. The normalized spacial score (nSPS) is 10.8. The van der Waals surface area contributed by atoms with Crippen LogP contribution in [0.25, 0.3) is 0 Å². The number of hydrogen-bond acceptors (Lipinski definition) is 4. The lowest BCUT2D eigenvalue weighted by atomic mass is 10.3.